The molecule has 0 saturated carbocycles. The smallest absolute Gasteiger partial charge is 0.0829 e. The average molecular weight is 415 g/mol. The van der Waals surface area contributed by atoms with Gasteiger partial charge in [0.15, 0.2) is 0 Å². The van der Waals surface area contributed by atoms with Crippen LogP contribution < -0.4 is 5.32 Å². The number of benzene rings is 1. The largest absolute Gasteiger partial charge is 0.309 e. The van der Waals surface area contributed by atoms with Crippen molar-refractivity contribution in [2.75, 3.05) is 6.54 Å². The van der Waals surface area contributed by atoms with E-state index in [0.717, 1.165) is 25.1 Å². The number of rotatable bonds is 7. The zero-order chi connectivity index (χ0) is 15.2. The second-order valence-electron chi connectivity index (χ2n) is 5.51. The summed E-state index contributed by atoms with van der Waals surface area (Å²) in [6.07, 6.45) is 2.12. The molecule has 0 aliphatic heterocycles. The Morgan fingerprint density at radius 2 is 1.95 bits per heavy atom. The predicted octanol–water partition coefficient (Wildman–Crippen LogP) is 4.55. The van der Waals surface area contributed by atoms with Crippen molar-refractivity contribution >= 4 is 34.1 Å². The quantitative estimate of drug-likeness (QED) is 0.675. The molecular weight excluding hydrogens is 393 g/mol. The van der Waals surface area contributed by atoms with Crippen molar-refractivity contribution in [2.45, 2.75) is 45.6 Å². The van der Waals surface area contributed by atoms with Gasteiger partial charge >= 0.3 is 0 Å². The monoisotopic (exact) mass is 415 g/mol. The van der Waals surface area contributed by atoms with Crippen LogP contribution in [-0.2, 0) is 6.42 Å². The first-order valence-corrected chi connectivity index (χ1v) is 9.27. The van der Waals surface area contributed by atoms with Gasteiger partial charge in [0.05, 0.1) is 10.6 Å². The van der Waals surface area contributed by atoms with Crippen LogP contribution in [0.4, 0.5) is 0 Å². The third kappa shape index (κ3) is 4.72. The number of hydrogen-bond donors (Lipinski definition) is 1. The van der Waals surface area contributed by atoms with Gasteiger partial charge in [-0.3, -0.25) is 0 Å². The highest BCUT2D eigenvalue weighted by Gasteiger charge is 2.21. The molecule has 2 aromatic rings. The van der Waals surface area contributed by atoms with Crippen molar-refractivity contribution in [3.8, 4) is 0 Å². The lowest BCUT2D eigenvalue weighted by molar-refractivity contribution is 0.529. The maximum Gasteiger partial charge on any atom is 0.0829 e. The lowest BCUT2D eigenvalue weighted by Crippen LogP contribution is -2.24. The van der Waals surface area contributed by atoms with Gasteiger partial charge in [-0.1, -0.05) is 37.4 Å². The molecule has 1 aromatic heterocycles. The Morgan fingerprint density at radius 1 is 1.24 bits per heavy atom. The Balaban J connectivity index is 2.21. The van der Waals surface area contributed by atoms with Crippen molar-refractivity contribution in [1.29, 1.82) is 0 Å². The van der Waals surface area contributed by atoms with E-state index in [0.29, 0.717) is 12.0 Å². The summed E-state index contributed by atoms with van der Waals surface area (Å²) in [6, 6.07) is 9.07. The second-order valence-corrected chi connectivity index (χ2v) is 7.55. The third-order valence-corrected chi connectivity index (χ3v) is 4.97. The lowest BCUT2D eigenvalue weighted by atomic mass is 10.00. The SMILES string of the molecule is CCCNC(Cc1ccc(I)cc1)c1snnc1C(C)C. The van der Waals surface area contributed by atoms with Gasteiger partial charge in [0, 0.05) is 9.61 Å². The van der Waals surface area contributed by atoms with Gasteiger partial charge in [0.25, 0.3) is 0 Å². The molecule has 0 spiro atoms. The van der Waals surface area contributed by atoms with Crippen molar-refractivity contribution in [1.82, 2.24) is 14.9 Å². The third-order valence-electron chi connectivity index (χ3n) is 3.40. The molecule has 0 aliphatic rings. The highest BCUT2D eigenvalue weighted by molar-refractivity contribution is 14.1. The highest BCUT2D eigenvalue weighted by Crippen LogP contribution is 2.28. The van der Waals surface area contributed by atoms with E-state index in [1.54, 1.807) is 0 Å². The van der Waals surface area contributed by atoms with Crippen LogP contribution in [0, 0.1) is 3.57 Å². The van der Waals surface area contributed by atoms with E-state index in [-0.39, 0.29) is 0 Å². The lowest BCUT2D eigenvalue weighted by Gasteiger charge is -2.19. The molecule has 1 unspecified atom stereocenters. The molecule has 21 heavy (non-hydrogen) atoms. The van der Waals surface area contributed by atoms with Gasteiger partial charge in [-0.25, -0.2) is 0 Å². The number of halogens is 1. The van der Waals surface area contributed by atoms with Crippen molar-refractivity contribution in [3.63, 3.8) is 0 Å². The summed E-state index contributed by atoms with van der Waals surface area (Å²) >= 11 is 3.88. The molecule has 0 saturated heterocycles. The van der Waals surface area contributed by atoms with Crippen molar-refractivity contribution in [3.05, 3.63) is 44.0 Å². The normalized spacial score (nSPS) is 12.8. The van der Waals surface area contributed by atoms with Crippen LogP contribution in [0.3, 0.4) is 0 Å². The first-order chi connectivity index (χ1) is 10.1. The van der Waals surface area contributed by atoms with Gasteiger partial charge in [0.1, 0.15) is 0 Å². The first-order valence-electron chi connectivity index (χ1n) is 7.41. The van der Waals surface area contributed by atoms with Crippen molar-refractivity contribution < 1.29 is 0 Å². The van der Waals surface area contributed by atoms with Gasteiger partial charge < -0.3 is 5.32 Å². The van der Waals surface area contributed by atoms with Gasteiger partial charge in [-0.05, 0) is 77.1 Å². The summed E-state index contributed by atoms with van der Waals surface area (Å²) in [5, 5.41) is 7.99. The molecule has 1 atom stereocenters. The van der Waals surface area contributed by atoms with Crippen LogP contribution in [0.15, 0.2) is 24.3 Å². The highest BCUT2D eigenvalue weighted by atomic mass is 127. The zero-order valence-electron chi connectivity index (χ0n) is 12.8. The minimum Gasteiger partial charge on any atom is -0.309 e. The van der Waals surface area contributed by atoms with Crippen LogP contribution in [-0.4, -0.2) is 16.1 Å². The van der Waals surface area contributed by atoms with E-state index in [1.165, 1.54) is 25.5 Å². The molecule has 1 heterocycles. The van der Waals surface area contributed by atoms with E-state index in [9.17, 15) is 0 Å². The number of nitrogens with zero attached hydrogens (tertiary/aromatic N) is 2. The van der Waals surface area contributed by atoms with E-state index in [1.807, 2.05) is 0 Å². The Hall–Kier alpha value is -0.530. The summed E-state index contributed by atoms with van der Waals surface area (Å²) in [7, 11) is 0. The van der Waals surface area contributed by atoms with Crippen LogP contribution in [0.2, 0.25) is 0 Å². The van der Waals surface area contributed by atoms with Crippen LogP contribution in [0.1, 0.15) is 55.3 Å². The van der Waals surface area contributed by atoms with E-state index < -0.39 is 0 Å². The summed E-state index contributed by atoms with van der Waals surface area (Å²) in [6.45, 7) is 7.58. The fourth-order valence-electron chi connectivity index (χ4n) is 2.28. The first kappa shape index (κ1) is 16.8. The van der Waals surface area contributed by atoms with E-state index in [4.69, 9.17) is 0 Å². The maximum absolute atomic E-state index is 4.33. The van der Waals surface area contributed by atoms with Crippen molar-refractivity contribution in [2.24, 2.45) is 0 Å². The number of aromatic nitrogens is 2. The Labute approximate surface area is 144 Å². The fourth-order valence-corrected chi connectivity index (χ4v) is 3.52. The van der Waals surface area contributed by atoms with Crippen LogP contribution >= 0.6 is 34.1 Å². The molecule has 1 aromatic carbocycles. The average Bonchev–Trinajstić information content (AvgIpc) is 2.95. The Morgan fingerprint density at radius 3 is 2.57 bits per heavy atom. The van der Waals surface area contributed by atoms with Gasteiger partial charge in [0.2, 0.25) is 0 Å². The van der Waals surface area contributed by atoms with Gasteiger partial charge in [-0.15, -0.1) is 5.10 Å². The van der Waals surface area contributed by atoms with E-state index in [2.05, 4.69) is 82.5 Å². The molecule has 0 aliphatic carbocycles. The molecule has 1 N–H and O–H groups in total. The molecular formula is C16H22IN3S. The standard InChI is InChI=1S/C16H22IN3S/c1-4-9-18-14(10-12-5-7-13(17)8-6-12)16-15(11(2)3)19-20-21-16/h5-8,11,14,18H,4,9-10H2,1-3H3. The summed E-state index contributed by atoms with van der Waals surface area (Å²) in [5.41, 5.74) is 2.49. The number of nitrogens with one attached hydrogen (secondary N) is 1. The second kappa shape index (κ2) is 8.19. The minimum atomic E-state index is 0.308. The summed E-state index contributed by atoms with van der Waals surface area (Å²) in [4.78, 5) is 1.29. The van der Waals surface area contributed by atoms with E-state index >= 15 is 0 Å². The molecule has 0 amide bonds. The molecule has 0 bridgehead atoms. The number of hydrogen-bond acceptors (Lipinski definition) is 4. The predicted molar refractivity (Wildman–Crippen MR) is 97.9 cm³/mol. The molecule has 0 radical (unpaired) electrons. The fraction of sp³-hybridized carbons (Fsp3) is 0.500. The van der Waals surface area contributed by atoms with Gasteiger partial charge in [-0.2, -0.15) is 0 Å². The Bertz CT molecular complexity index is 551. The van der Waals surface area contributed by atoms with Crippen LogP contribution in [0.25, 0.3) is 0 Å². The van der Waals surface area contributed by atoms with Crippen LogP contribution in [0.5, 0.6) is 0 Å². The summed E-state index contributed by atoms with van der Waals surface area (Å²) < 4.78 is 5.45. The maximum atomic E-state index is 4.33. The molecule has 114 valence electrons. The topological polar surface area (TPSA) is 37.8 Å². The Kier molecular flexibility index (Phi) is 6.57. The summed E-state index contributed by atoms with van der Waals surface area (Å²) in [5.74, 6) is 0.418. The molecule has 5 heteroatoms. The molecule has 3 nitrogen and oxygen atoms in total. The molecule has 0 fully saturated rings. The zero-order valence-corrected chi connectivity index (χ0v) is 15.7. The molecule has 2 rings (SSSR count). The minimum absolute atomic E-state index is 0.308.